The van der Waals surface area contributed by atoms with E-state index in [1.165, 1.54) is 18.4 Å². The number of morpholine rings is 1. The molecule has 0 aromatic heterocycles. The van der Waals surface area contributed by atoms with Gasteiger partial charge in [-0.15, -0.1) is 0 Å². The summed E-state index contributed by atoms with van der Waals surface area (Å²) in [5.41, 5.74) is 1.28. The molecule has 3 fully saturated rings. The fraction of sp³-hybridized carbons (Fsp3) is 0.647. The van der Waals surface area contributed by atoms with Gasteiger partial charge in [-0.05, 0) is 37.8 Å². The zero-order valence-electron chi connectivity index (χ0n) is 12.0. The minimum Gasteiger partial charge on any atom is -0.396 e. The van der Waals surface area contributed by atoms with Gasteiger partial charge in [0.25, 0.3) is 0 Å². The summed E-state index contributed by atoms with van der Waals surface area (Å²) in [6.45, 7) is 0.259. The molecule has 1 unspecified atom stereocenters. The van der Waals surface area contributed by atoms with Gasteiger partial charge in [-0.25, -0.2) is 0 Å². The lowest BCUT2D eigenvalue weighted by Gasteiger charge is -2.39. The SMILES string of the molecule is CN1[C@@H]2CC(C[C@H](CO)c3ccccc3)C[C@H]1[C@@H]1O[C@@H]12. The number of piperidine rings is 1. The Hall–Kier alpha value is -0.900. The normalized spacial score (nSPS) is 40.4. The molecule has 0 radical (unpaired) electrons. The molecule has 6 atom stereocenters. The molecule has 2 bridgehead atoms. The number of epoxide rings is 1. The average molecular weight is 273 g/mol. The van der Waals surface area contributed by atoms with Crippen LogP contribution in [0, 0.1) is 5.92 Å². The van der Waals surface area contributed by atoms with Crippen LogP contribution in [0.5, 0.6) is 0 Å². The smallest absolute Gasteiger partial charge is 0.101 e. The number of ether oxygens (including phenoxy) is 1. The first kappa shape index (κ1) is 12.8. The van der Waals surface area contributed by atoms with Crippen molar-refractivity contribution >= 4 is 0 Å². The standard InChI is InChI=1S/C17H23NO2/c1-18-14-8-11(9-15(18)17-16(14)20-17)7-13(10-19)12-5-3-2-4-6-12/h2-6,11,13-17,19H,7-10H2,1H3/t11?,13-,14-,15+,16-,17+/m1/s1. The number of aliphatic hydroxyl groups is 1. The quantitative estimate of drug-likeness (QED) is 0.853. The van der Waals surface area contributed by atoms with Crippen molar-refractivity contribution in [3.8, 4) is 0 Å². The summed E-state index contributed by atoms with van der Waals surface area (Å²) < 4.78 is 5.76. The van der Waals surface area contributed by atoms with Crippen LogP contribution in [-0.2, 0) is 4.74 Å². The largest absolute Gasteiger partial charge is 0.396 e. The van der Waals surface area contributed by atoms with Crippen LogP contribution in [-0.4, -0.2) is 48.0 Å². The monoisotopic (exact) mass is 273 g/mol. The first-order valence-corrected chi connectivity index (χ1v) is 7.81. The molecule has 3 heterocycles. The second kappa shape index (κ2) is 4.83. The van der Waals surface area contributed by atoms with Crippen LogP contribution in [0.2, 0.25) is 0 Å². The molecule has 3 saturated heterocycles. The highest BCUT2D eigenvalue weighted by Crippen LogP contribution is 2.50. The average Bonchev–Trinajstić information content (AvgIpc) is 3.23. The number of likely N-dealkylation sites (N-methyl/N-ethyl adjacent to an activating group) is 1. The maximum Gasteiger partial charge on any atom is 0.101 e. The molecule has 108 valence electrons. The van der Waals surface area contributed by atoms with Gasteiger partial charge < -0.3 is 9.84 Å². The zero-order valence-corrected chi connectivity index (χ0v) is 12.0. The van der Waals surface area contributed by atoms with Crippen molar-refractivity contribution in [1.29, 1.82) is 0 Å². The molecule has 3 nitrogen and oxygen atoms in total. The topological polar surface area (TPSA) is 36.0 Å². The van der Waals surface area contributed by atoms with Gasteiger partial charge in [-0.2, -0.15) is 0 Å². The van der Waals surface area contributed by atoms with Crippen molar-refractivity contribution in [2.24, 2.45) is 5.92 Å². The minimum atomic E-state index is 0.259. The lowest BCUT2D eigenvalue weighted by atomic mass is 9.81. The van der Waals surface area contributed by atoms with Crippen LogP contribution in [0.1, 0.15) is 30.7 Å². The Morgan fingerprint density at radius 2 is 1.85 bits per heavy atom. The van der Waals surface area contributed by atoms with E-state index in [2.05, 4.69) is 36.2 Å². The molecule has 1 N–H and O–H groups in total. The molecule has 3 aliphatic rings. The summed E-state index contributed by atoms with van der Waals surface area (Å²) in [5, 5.41) is 9.74. The molecule has 0 amide bonds. The second-order valence-electron chi connectivity index (χ2n) is 6.73. The molecular formula is C17H23NO2. The van der Waals surface area contributed by atoms with Gasteiger partial charge in [0, 0.05) is 24.6 Å². The van der Waals surface area contributed by atoms with E-state index in [0.29, 0.717) is 30.2 Å². The Morgan fingerprint density at radius 3 is 2.45 bits per heavy atom. The third-order valence-corrected chi connectivity index (χ3v) is 5.63. The van der Waals surface area contributed by atoms with E-state index < -0.39 is 0 Å². The second-order valence-corrected chi connectivity index (χ2v) is 6.73. The summed E-state index contributed by atoms with van der Waals surface area (Å²) in [6.07, 6.45) is 4.61. The Labute approximate surface area is 120 Å². The van der Waals surface area contributed by atoms with Gasteiger partial charge in [0.05, 0.1) is 0 Å². The van der Waals surface area contributed by atoms with Crippen LogP contribution in [0.25, 0.3) is 0 Å². The van der Waals surface area contributed by atoms with Crippen molar-refractivity contribution in [3.05, 3.63) is 35.9 Å². The van der Waals surface area contributed by atoms with Crippen molar-refractivity contribution in [3.63, 3.8) is 0 Å². The minimum absolute atomic E-state index is 0.259. The number of rotatable bonds is 4. The summed E-state index contributed by atoms with van der Waals surface area (Å²) in [6, 6.07) is 11.7. The maximum absolute atomic E-state index is 9.74. The molecule has 20 heavy (non-hydrogen) atoms. The molecule has 3 heteroatoms. The van der Waals surface area contributed by atoms with Crippen LogP contribution < -0.4 is 0 Å². The summed E-state index contributed by atoms with van der Waals surface area (Å²) in [4.78, 5) is 2.53. The molecule has 4 rings (SSSR count). The van der Waals surface area contributed by atoms with Gasteiger partial charge >= 0.3 is 0 Å². The van der Waals surface area contributed by atoms with E-state index in [0.717, 1.165) is 12.3 Å². The van der Waals surface area contributed by atoms with Crippen molar-refractivity contribution in [2.45, 2.75) is 49.5 Å². The van der Waals surface area contributed by atoms with Crippen LogP contribution >= 0.6 is 0 Å². The number of fused-ring (bicyclic) bond motifs is 5. The fourth-order valence-corrected chi connectivity index (χ4v) is 4.48. The van der Waals surface area contributed by atoms with Crippen LogP contribution in [0.4, 0.5) is 0 Å². The highest BCUT2D eigenvalue weighted by atomic mass is 16.6. The third kappa shape index (κ3) is 2.00. The number of aliphatic hydroxyl groups excluding tert-OH is 1. The Balaban J connectivity index is 1.45. The van der Waals surface area contributed by atoms with E-state index in [4.69, 9.17) is 4.74 Å². The van der Waals surface area contributed by atoms with Gasteiger partial charge in [-0.1, -0.05) is 30.3 Å². The van der Waals surface area contributed by atoms with Gasteiger partial charge in [0.1, 0.15) is 12.2 Å². The van der Waals surface area contributed by atoms with Crippen LogP contribution in [0.3, 0.4) is 0 Å². The predicted molar refractivity (Wildman–Crippen MR) is 77.6 cm³/mol. The predicted octanol–water partition coefficient (Wildman–Crippen LogP) is 2.01. The molecule has 0 saturated carbocycles. The first-order valence-electron chi connectivity index (χ1n) is 7.81. The van der Waals surface area contributed by atoms with E-state index >= 15 is 0 Å². The molecule has 1 aromatic rings. The van der Waals surface area contributed by atoms with E-state index in [-0.39, 0.29) is 6.61 Å². The fourth-order valence-electron chi connectivity index (χ4n) is 4.48. The Bertz CT molecular complexity index is 459. The number of hydrogen-bond donors (Lipinski definition) is 1. The first-order chi connectivity index (χ1) is 9.78. The zero-order chi connectivity index (χ0) is 13.7. The summed E-state index contributed by atoms with van der Waals surface area (Å²) in [7, 11) is 2.25. The van der Waals surface area contributed by atoms with Gasteiger partial charge in [0.2, 0.25) is 0 Å². The van der Waals surface area contributed by atoms with Crippen molar-refractivity contribution in [2.75, 3.05) is 13.7 Å². The molecule has 0 spiro atoms. The molecular weight excluding hydrogens is 250 g/mol. The van der Waals surface area contributed by atoms with Gasteiger partial charge in [-0.3, -0.25) is 4.90 Å². The summed E-state index contributed by atoms with van der Waals surface area (Å²) >= 11 is 0. The highest BCUT2D eigenvalue weighted by Gasteiger charge is 2.62. The highest BCUT2D eigenvalue weighted by molar-refractivity contribution is 5.20. The summed E-state index contributed by atoms with van der Waals surface area (Å²) in [5.74, 6) is 1.02. The molecule has 0 aliphatic carbocycles. The van der Waals surface area contributed by atoms with Crippen LogP contribution in [0.15, 0.2) is 30.3 Å². The van der Waals surface area contributed by atoms with Crippen molar-refractivity contribution in [1.82, 2.24) is 4.90 Å². The van der Waals surface area contributed by atoms with E-state index in [1.807, 2.05) is 6.07 Å². The lowest BCUT2D eigenvalue weighted by Crippen LogP contribution is -2.45. The maximum atomic E-state index is 9.74. The van der Waals surface area contributed by atoms with Gasteiger partial charge in [0.15, 0.2) is 0 Å². The number of hydrogen-bond acceptors (Lipinski definition) is 3. The molecule has 3 aliphatic heterocycles. The van der Waals surface area contributed by atoms with E-state index in [1.54, 1.807) is 0 Å². The van der Waals surface area contributed by atoms with Crippen molar-refractivity contribution < 1.29 is 9.84 Å². The number of nitrogens with zero attached hydrogens (tertiary/aromatic N) is 1. The molecule has 1 aromatic carbocycles. The van der Waals surface area contributed by atoms with E-state index in [9.17, 15) is 5.11 Å². The Morgan fingerprint density at radius 1 is 1.20 bits per heavy atom. The number of benzene rings is 1. The Kier molecular flexibility index (Phi) is 3.09. The lowest BCUT2D eigenvalue weighted by molar-refractivity contribution is 0.0419. The third-order valence-electron chi connectivity index (χ3n) is 5.63.